The summed E-state index contributed by atoms with van der Waals surface area (Å²) in [4.78, 5) is 22.4. The van der Waals surface area contributed by atoms with Crippen molar-refractivity contribution in [1.29, 1.82) is 0 Å². The summed E-state index contributed by atoms with van der Waals surface area (Å²) in [5, 5.41) is 12.5. The first kappa shape index (κ1) is 14.4. The van der Waals surface area contributed by atoms with E-state index in [1.54, 1.807) is 12.1 Å². The van der Waals surface area contributed by atoms with Gasteiger partial charge in [0.2, 0.25) is 5.91 Å². The molecule has 0 bridgehead atoms. The summed E-state index contributed by atoms with van der Waals surface area (Å²) in [7, 11) is 0. The molecule has 1 amide bonds. The lowest BCUT2D eigenvalue weighted by atomic mass is 9.85. The minimum absolute atomic E-state index is 0.131. The standard InChI is InChI=1S/C15H20N2O3/c1-9-12(14(16)18)6-3-7-13(9)17-11-5-2-4-10(8-11)15(19)20/h3,6-7,10-11,17H,2,4-5,8H2,1H3,(H2,16,18)(H,19,20). The number of amides is 1. The second-order valence-electron chi connectivity index (χ2n) is 5.39. The molecule has 2 rings (SSSR count). The zero-order chi connectivity index (χ0) is 14.7. The van der Waals surface area contributed by atoms with Gasteiger partial charge >= 0.3 is 5.97 Å². The highest BCUT2D eigenvalue weighted by molar-refractivity contribution is 5.95. The number of carbonyl (C=O) groups excluding carboxylic acids is 1. The topological polar surface area (TPSA) is 92.4 Å². The first-order chi connectivity index (χ1) is 9.49. The third-order valence-corrected chi connectivity index (χ3v) is 3.98. The molecule has 0 radical (unpaired) electrons. The van der Waals surface area contributed by atoms with Crippen LogP contribution in [0.25, 0.3) is 0 Å². The van der Waals surface area contributed by atoms with E-state index in [0.29, 0.717) is 12.0 Å². The van der Waals surface area contributed by atoms with E-state index in [2.05, 4.69) is 5.32 Å². The molecule has 1 aromatic rings. The number of hydrogen-bond donors (Lipinski definition) is 3. The number of aliphatic carboxylic acids is 1. The molecule has 1 aliphatic rings. The van der Waals surface area contributed by atoms with Gasteiger partial charge in [-0.1, -0.05) is 12.5 Å². The van der Waals surface area contributed by atoms with Crippen LogP contribution in [0.3, 0.4) is 0 Å². The van der Waals surface area contributed by atoms with Gasteiger partial charge in [-0.15, -0.1) is 0 Å². The molecule has 5 nitrogen and oxygen atoms in total. The Balaban J connectivity index is 2.12. The fourth-order valence-electron chi connectivity index (χ4n) is 2.82. The van der Waals surface area contributed by atoms with Gasteiger partial charge in [0.25, 0.3) is 0 Å². The Morgan fingerprint density at radius 3 is 2.75 bits per heavy atom. The summed E-state index contributed by atoms with van der Waals surface area (Å²) in [5.74, 6) is -1.45. The maximum Gasteiger partial charge on any atom is 0.306 e. The second kappa shape index (κ2) is 5.94. The molecule has 5 heteroatoms. The van der Waals surface area contributed by atoms with Gasteiger partial charge in [0.05, 0.1) is 5.92 Å². The van der Waals surface area contributed by atoms with Gasteiger partial charge in [-0.05, 0) is 43.9 Å². The number of nitrogens with one attached hydrogen (secondary N) is 1. The maximum atomic E-state index is 11.3. The number of carbonyl (C=O) groups is 2. The average molecular weight is 276 g/mol. The highest BCUT2D eigenvalue weighted by atomic mass is 16.4. The van der Waals surface area contributed by atoms with Crippen molar-refractivity contribution in [1.82, 2.24) is 0 Å². The molecule has 4 N–H and O–H groups in total. The molecule has 108 valence electrons. The molecule has 1 aliphatic carbocycles. The molecule has 20 heavy (non-hydrogen) atoms. The lowest BCUT2D eigenvalue weighted by Gasteiger charge is -2.29. The molecule has 0 saturated heterocycles. The number of primary amides is 1. The van der Waals surface area contributed by atoms with Crippen molar-refractivity contribution in [2.24, 2.45) is 11.7 Å². The van der Waals surface area contributed by atoms with Gasteiger partial charge < -0.3 is 16.2 Å². The molecule has 2 unspecified atom stereocenters. The highest BCUT2D eigenvalue weighted by Gasteiger charge is 2.27. The zero-order valence-corrected chi connectivity index (χ0v) is 11.6. The predicted molar refractivity (Wildman–Crippen MR) is 76.7 cm³/mol. The molecule has 0 aliphatic heterocycles. The number of carboxylic acids is 1. The van der Waals surface area contributed by atoms with Crippen LogP contribution in [0.4, 0.5) is 5.69 Å². The smallest absolute Gasteiger partial charge is 0.306 e. The van der Waals surface area contributed by atoms with Gasteiger partial charge in [-0.3, -0.25) is 9.59 Å². The van der Waals surface area contributed by atoms with Gasteiger partial charge in [-0.2, -0.15) is 0 Å². The summed E-state index contributed by atoms with van der Waals surface area (Å²) in [5.41, 5.74) is 7.51. The van der Waals surface area contributed by atoms with Crippen molar-refractivity contribution >= 4 is 17.6 Å². The molecule has 1 aromatic carbocycles. The molecular weight excluding hydrogens is 256 g/mol. The van der Waals surface area contributed by atoms with E-state index in [9.17, 15) is 9.59 Å². The van der Waals surface area contributed by atoms with Crippen molar-refractivity contribution in [2.45, 2.75) is 38.6 Å². The van der Waals surface area contributed by atoms with Crippen molar-refractivity contribution < 1.29 is 14.7 Å². The van der Waals surface area contributed by atoms with E-state index in [0.717, 1.165) is 30.5 Å². The summed E-state index contributed by atoms with van der Waals surface area (Å²) < 4.78 is 0. The fourth-order valence-corrected chi connectivity index (χ4v) is 2.82. The van der Waals surface area contributed by atoms with Crippen LogP contribution >= 0.6 is 0 Å². The van der Waals surface area contributed by atoms with Gasteiger partial charge in [0.1, 0.15) is 0 Å². The molecule has 2 atom stereocenters. The summed E-state index contributed by atoms with van der Waals surface area (Å²) >= 11 is 0. The maximum absolute atomic E-state index is 11.3. The van der Waals surface area contributed by atoms with Crippen LogP contribution in [0, 0.1) is 12.8 Å². The fraction of sp³-hybridized carbons (Fsp3) is 0.467. The normalized spacial score (nSPS) is 22.2. The summed E-state index contributed by atoms with van der Waals surface area (Å²) in [6.07, 6.45) is 3.22. The Labute approximate surface area is 118 Å². The Kier molecular flexibility index (Phi) is 4.27. The first-order valence-electron chi connectivity index (χ1n) is 6.87. The van der Waals surface area contributed by atoms with E-state index >= 15 is 0 Å². The minimum atomic E-state index is -0.723. The molecule has 1 saturated carbocycles. The number of rotatable bonds is 4. The molecule has 1 fully saturated rings. The summed E-state index contributed by atoms with van der Waals surface area (Å²) in [6.45, 7) is 1.85. The van der Waals surface area contributed by atoms with Crippen LogP contribution in [0.1, 0.15) is 41.6 Å². The first-order valence-corrected chi connectivity index (χ1v) is 6.87. The number of benzene rings is 1. The van der Waals surface area contributed by atoms with Crippen molar-refractivity contribution in [3.8, 4) is 0 Å². The molecular formula is C15H20N2O3. The largest absolute Gasteiger partial charge is 0.481 e. The molecule has 0 spiro atoms. The number of anilines is 1. The molecule has 0 aromatic heterocycles. The second-order valence-corrected chi connectivity index (χ2v) is 5.39. The number of carboxylic acid groups (broad SMARTS) is 1. The third-order valence-electron chi connectivity index (χ3n) is 3.98. The third kappa shape index (κ3) is 3.10. The minimum Gasteiger partial charge on any atom is -0.481 e. The van der Waals surface area contributed by atoms with Crippen molar-refractivity contribution in [3.05, 3.63) is 29.3 Å². The van der Waals surface area contributed by atoms with Crippen LogP contribution < -0.4 is 11.1 Å². The predicted octanol–water partition coefficient (Wildman–Crippen LogP) is 2.15. The summed E-state index contributed by atoms with van der Waals surface area (Å²) in [6, 6.07) is 5.51. The van der Waals surface area contributed by atoms with Gasteiger partial charge in [0, 0.05) is 17.3 Å². The monoisotopic (exact) mass is 276 g/mol. The van der Waals surface area contributed by atoms with Crippen molar-refractivity contribution in [3.63, 3.8) is 0 Å². The van der Waals surface area contributed by atoms with Gasteiger partial charge in [-0.25, -0.2) is 0 Å². The average Bonchev–Trinajstić information content (AvgIpc) is 2.41. The lowest BCUT2D eigenvalue weighted by Crippen LogP contribution is -2.31. The quantitative estimate of drug-likeness (QED) is 0.785. The Morgan fingerprint density at radius 1 is 1.35 bits per heavy atom. The number of nitrogens with two attached hydrogens (primary N) is 1. The van der Waals surface area contributed by atoms with E-state index < -0.39 is 11.9 Å². The lowest BCUT2D eigenvalue weighted by molar-refractivity contribution is -0.142. The Hall–Kier alpha value is -2.04. The zero-order valence-electron chi connectivity index (χ0n) is 11.6. The Bertz CT molecular complexity index is 528. The highest BCUT2D eigenvalue weighted by Crippen LogP contribution is 2.28. The van der Waals surface area contributed by atoms with E-state index in [4.69, 9.17) is 10.8 Å². The van der Waals surface area contributed by atoms with E-state index in [-0.39, 0.29) is 12.0 Å². The van der Waals surface area contributed by atoms with Crippen molar-refractivity contribution in [2.75, 3.05) is 5.32 Å². The Morgan fingerprint density at radius 2 is 2.10 bits per heavy atom. The van der Waals surface area contributed by atoms with Crippen LogP contribution in [0.15, 0.2) is 18.2 Å². The van der Waals surface area contributed by atoms with Crippen LogP contribution in [0.5, 0.6) is 0 Å². The van der Waals surface area contributed by atoms with Crippen LogP contribution in [-0.4, -0.2) is 23.0 Å². The van der Waals surface area contributed by atoms with Crippen LogP contribution in [0.2, 0.25) is 0 Å². The number of hydrogen-bond acceptors (Lipinski definition) is 3. The van der Waals surface area contributed by atoms with Gasteiger partial charge in [0.15, 0.2) is 0 Å². The van der Waals surface area contributed by atoms with E-state index in [1.807, 2.05) is 13.0 Å². The SMILES string of the molecule is Cc1c(NC2CCCC(C(=O)O)C2)cccc1C(N)=O. The van der Waals surface area contributed by atoms with Crippen LogP contribution in [-0.2, 0) is 4.79 Å². The van der Waals surface area contributed by atoms with E-state index in [1.165, 1.54) is 0 Å². The molecule has 0 heterocycles.